The molecular weight excluding hydrogens is 354 g/mol. The fraction of sp³-hybridized carbons (Fsp3) is 0.636. The van der Waals surface area contributed by atoms with Crippen LogP contribution >= 0.6 is 0 Å². The summed E-state index contributed by atoms with van der Waals surface area (Å²) in [5, 5.41) is 0. The van der Waals surface area contributed by atoms with Crippen molar-refractivity contribution in [2.75, 3.05) is 40.3 Å². The molecule has 6 nitrogen and oxygen atoms in total. The zero-order valence-electron chi connectivity index (χ0n) is 18.0. The molecule has 1 aromatic rings. The van der Waals surface area contributed by atoms with Gasteiger partial charge in [0.05, 0.1) is 0 Å². The fourth-order valence-corrected chi connectivity index (χ4v) is 3.29. The fourth-order valence-electron chi connectivity index (χ4n) is 3.29. The molecule has 6 heteroatoms. The van der Waals surface area contributed by atoms with Gasteiger partial charge in [0.2, 0.25) is 5.91 Å². The molecule has 1 fully saturated rings. The van der Waals surface area contributed by atoms with Gasteiger partial charge in [-0.15, -0.1) is 0 Å². The van der Waals surface area contributed by atoms with Gasteiger partial charge < -0.3 is 19.4 Å². The molecule has 1 aliphatic rings. The van der Waals surface area contributed by atoms with Crippen molar-refractivity contribution in [3.8, 4) is 0 Å². The number of rotatable bonds is 6. The maximum atomic E-state index is 13.2. The van der Waals surface area contributed by atoms with Crippen LogP contribution in [0.2, 0.25) is 0 Å². The smallest absolute Gasteiger partial charge is 0.410 e. The number of nitrogens with zero attached hydrogens (tertiary/aromatic N) is 3. The van der Waals surface area contributed by atoms with E-state index < -0.39 is 5.60 Å². The van der Waals surface area contributed by atoms with E-state index in [-0.39, 0.29) is 17.9 Å². The number of likely N-dealkylation sites (tertiary alicyclic amines) is 1. The van der Waals surface area contributed by atoms with Crippen LogP contribution in [-0.2, 0) is 16.1 Å². The molecule has 156 valence electrons. The topological polar surface area (TPSA) is 53.1 Å². The van der Waals surface area contributed by atoms with Crippen LogP contribution in [0.1, 0.15) is 39.2 Å². The molecule has 2 amide bonds. The van der Waals surface area contributed by atoms with Gasteiger partial charge in [0.1, 0.15) is 5.60 Å². The van der Waals surface area contributed by atoms with E-state index in [2.05, 4.69) is 17.0 Å². The Kier molecular flexibility index (Phi) is 7.87. The summed E-state index contributed by atoms with van der Waals surface area (Å²) in [6.07, 6.45) is 1.09. The van der Waals surface area contributed by atoms with Crippen molar-refractivity contribution in [1.29, 1.82) is 0 Å². The molecule has 0 unspecified atom stereocenters. The molecule has 1 aliphatic heterocycles. The highest BCUT2D eigenvalue weighted by molar-refractivity contribution is 5.79. The molecule has 2 rings (SSSR count). The Hall–Kier alpha value is -2.08. The predicted molar refractivity (Wildman–Crippen MR) is 111 cm³/mol. The van der Waals surface area contributed by atoms with Crippen molar-refractivity contribution in [3.05, 3.63) is 35.9 Å². The largest absolute Gasteiger partial charge is 0.444 e. The summed E-state index contributed by atoms with van der Waals surface area (Å²) < 4.78 is 5.45. The second-order valence-corrected chi connectivity index (χ2v) is 8.79. The standard InChI is InChI=1S/C22H35N3O3/c1-22(2,3)28-21(27)24-13-11-19(12-14-24)20(26)25(16-15-23(4)5)17-18-9-7-6-8-10-18/h6-10,19H,11-17H2,1-5H3. The number of carbonyl (C=O) groups is 2. The molecule has 0 spiro atoms. The number of amides is 2. The zero-order valence-corrected chi connectivity index (χ0v) is 18.0. The number of hydrogen-bond donors (Lipinski definition) is 0. The van der Waals surface area contributed by atoms with Crippen LogP contribution in [0.4, 0.5) is 4.79 Å². The third kappa shape index (κ3) is 7.15. The molecule has 0 radical (unpaired) electrons. The highest BCUT2D eigenvalue weighted by Gasteiger charge is 2.32. The first kappa shape index (κ1) is 22.2. The molecule has 0 saturated carbocycles. The van der Waals surface area contributed by atoms with Crippen molar-refractivity contribution in [2.24, 2.45) is 5.92 Å². The first-order valence-electron chi connectivity index (χ1n) is 10.1. The minimum Gasteiger partial charge on any atom is -0.444 e. The van der Waals surface area contributed by atoms with Crippen molar-refractivity contribution in [1.82, 2.24) is 14.7 Å². The van der Waals surface area contributed by atoms with Gasteiger partial charge in [-0.2, -0.15) is 0 Å². The average Bonchev–Trinajstić information content (AvgIpc) is 2.64. The van der Waals surface area contributed by atoms with Crippen LogP contribution in [-0.4, -0.2) is 72.6 Å². The van der Waals surface area contributed by atoms with E-state index in [0.717, 1.165) is 12.1 Å². The molecule has 0 N–H and O–H groups in total. The third-order valence-electron chi connectivity index (χ3n) is 4.84. The van der Waals surface area contributed by atoms with Gasteiger partial charge in [0.25, 0.3) is 0 Å². The van der Waals surface area contributed by atoms with Gasteiger partial charge in [-0.3, -0.25) is 4.79 Å². The molecule has 0 aliphatic carbocycles. The molecule has 28 heavy (non-hydrogen) atoms. The van der Waals surface area contributed by atoms with E-state index in [1.807, 2.05) is 58.0 Å². The predicted octanol–water partition coefficient (Wildman–Crippen LogP) is 3.22. The van der Waals surface area contributed by atoms with Gasteiger partial charge in [-0.05, 0) is 53.3 Å². The first-order chi connectivity index (χ1) is 13.2. The second kappa shape index (κ2) is 9.92. The summed E-state index contributed by atoms with van der Waals surface area (Å²) in [5.41, 5.74) is 0.642. The normalized spacial score (nSPS) is 15.6. The Balaban J connectivity index is 1.95. The Bertz CT molecular complexity index is 632. The Morgan fingerprint density at radius 3 is 2.21 bits per heavy atom. The molecule has 1 saturated heterocycles. The third-order valence-corrected chi connectivity index (χ3v) is 4.84. The lowest BCUT2D eigenvalue weighted by molar-refractivity contribution is -0.138. The van der Waals surface area contributed by atoms with E-state index in [1.54, 1.807) is 4.90 Å². The lowest BCUT2D eigenvalue weighted by atomic mass is 9.95. The highest BCUT2D eigenvalue weighted by atomic mass is 16.6. The average molecular weight is 390 g/mol. The summed E-state index contributed by atoms with van der Waals surface area (Å²) in [6, 6.07) is 10.1. The van der Waals surface area contributed by atoms with Crippen molar-refractivity contribution in [3.63, 3.8) is 0 Å². The van der Waals surface area contributed by atoms with Gasteiger partial charge in [-0.1, -0.05) is 30.3 Å². The van der Waals surface area contributed by atoms with Gasteiger partial charge in [-0.25, -0.2) is 4.79 Å². The minimum absolute atomic E-state index is 0.0374. The number of piperidine rings is 1. The first-order valence-corrected chi connectivity index (χ1v) is 10.1. The Morgan fingerprint density at radius 2 is 1.68 bits per heavy atom. The lowest BCUT2D eigenvalue weighted by Crippen LogP contribution is -2.46. The van der Waals surface area contributed by atoms with Gasteiger partial charge in [0, 0.05) is 38.6 Å². The van der Waals surface area contributed by atoms with E-state index in [0.29, 0.717) is 39.0 Å². The van der Waals surface area contributed by atoms with E-state index in [1.165, 1.54) is 0 Å². The number of likely N-dealkylation sites (N-methyl/N-ethyl adjacent to an activating group) is 1. The van der Waals surface area contributed by atoms with Crippen molar-refractivity contribution in [2.45, 2.75) is 45.8 Å². The summed E-state index contributed by atoms with van der Waals surface area (Å²) in [4.78, 5) is 31.2. The summed E-state index contributed by atoms with van der Waals surface area (Å²) in [6.45, 7) is 8.90. The second-order valence-electron chi connectivity index (χ2n) is 8.79. The SMILES string of the molecule is CN(C)CCN(Cc1ccccc1)C(=O)C1CCN(C(=O)OC(C)(C)C)CC1. The maximum Gasteiger partial charge on any atom is 0.410 e. The van der Waals surface area contributed by atoms with Crippen LogP contribution in [0.15, 0.2) is 30.3 Å². The van der Waals surface area contributed by atoms with E-state index in [9.17, 15) is 9.59 Å². The van der Waals surface area contributed by atoms with Crippen LogP contribution in [0, 0.1) is 5.92 Å². The summed E-state index contributed by atoms with van der Waals surface area (Å²) >= 11 is 0. The van der Waals surface area contributed by atoms with Gasteiger partial charge >= 0.3 is 6.09 Å². The van der Waals surface area contributed by atoms with Crippen LogP contribution in [0.5, 0.6) is 0 Å². The zero-order chi connectivity index (χ0) is 20.7. The quantitative estimate of drug-likeness (QED) is 0.750. The van der Waals surface area contributed by atoms with Crippen LogP contribution in [0.25, 0.3) is 0 Å². The molecule has 1 aromatic carbocycles. The molecule has 1 heterocycles. The van der Waals surface area contributed by atoms with Crippen molar-refractivity contribution >= 4 is 12.0 Å². The summed E-state index contributed by atoms with van der Waals surface area (Å²) in [7, 11) is 4.04. The van der Waals surface area contributed by atoms with Crippen LogP contribution < -0.4 is 0 Å². The number of hydrogen-bond acceptors (Lipinski definition) is 4. The molecule has 0 aromatic heterocycles. The Morgan fingerprint density at radius 1 is 1.07 bits per heavy atom. The monoisotopic (exact) mass is 389 g/mol. The van der Waals surface area contributed by atoms with Crippen molar-refractivity contribution < 1.29 is 14.3 Å². The van der Waals surface area contributed by atoms with Crippen LogP contribution in [0.3, 0.4) is 0 Å². The summed E-state index contributed by atoms with van der Waals surface area (Å²) in [5.74, 6) is 0.152. The molecule has 0 atom stereocenters. The number of ether oxygens (including phenoxy) is 1. The highest BCUT2D eigenvalue weighted by Crippen LogP contribution is 2.22. The van der Waals surface area contributed by atoms with Gasteiger partial charge in [0.15, 0.2) is 0 Å². The Labute approximate surface area is 169 Å². The maximum absolute atomic E-state index is 13.2. The van der Waals surface area contributed by atoms with E-state index >= 15 is 0 Å². The molecule has 0 bridgehead atoms. The lowest BCUT2D eigenvalue weighted by Gasteiger charge is -2.35. The number of carbonyl (C=O) groups excluding carboxylic acids is 2. The van der Waals surface area contributed by atoms with E-state index in [4.69, 9.17) is 4.74 Å². The number of benzene rings is 1. The molecular formula is C22H35N3O3. The minimum atomic E-state index is -0.498.